The number of aromatic amines is 1. The number of carbonyl (C=O) groups excluding carboxylic acids is 1. The van der Waals surface area contributed by atoms with Gasteiger partial charge >= 0.3 is 0 Å². The summed E-state index contributed by atoms with van der Waals surface area (Å²) in [6.45, 7) is 0.0386. The zero-order valence-electron chi connectivity index (χ0n) is 12.8. The van der Waals surface area contributed by atoms with Crippen molar-refractivity contribution in [3.8, 4) is 5.75 Å². The molecule has 0 saturated heterocycles. The van der Waals surface area contributed by atoms with E-state index >= 15 is 0 Å². The number of aromatic nitrogens is 2. The largest absolute Gasteiger partial charge is 0.482 e. The van der Waals surface area contributed by atoms with Gasteiger partial charge in [0.15, 0.2) is 6.61 Å². The van der Waals surface area contributed by atoms with Crippen LogP contribution in [-0.2, 0) is 11.3 Å². The second-order valence-corrected chi connectivity index (χ2v) is 6.44. The van der Waals surface area contributed by atoms with Crippen LogP contribution in [0, 0.1) is 0 Å². The van der Waals surface area contributed by atoms with E-state index in [1.54, 1.807) is 37.4 Å². The van der Waals surface area contributed by atoms with Crippen LogP contribution < -0.4 is 10.3 Å². The monoisotopic (exact) mass is 363 g/mol. The zero-order valence-corrected chi connectivity index (χ0v) is 14.4. The quantitative estimate of drug-likeness (QED) is 0.756. The molecule has 8 heteroatoms. The summed E-state index contributed by atoms with van der Waals surface area (Å²) in [6, 6.07) is 8.72. The maximum atomic E-state index is 12.2. The second kappa shape index (κ2) is 7.02. The van der Waals surface area contributed by atoms with Gasteiger partial charge in [0.2, 0.25) is 0 Å². The number of nitrogens with zero attached hydrogens (tertiary/aromatic N) is 2. The van der Waals surface area contributed by atoms with E-state index in [0.717, 1.165) is 0 Å². The Kier molecular flexibility index (Phi) is 4.82. The minimum atomic E-state index is -0.247. The number of H-pyrrole nitrogens is 1. The molecule has 1 N–H and O–H groups in total. The Balaban J connectivity index is 1.65. The topological polar surface area (TPSA) is 75.3 Å². The third-order valence-electron chi connectivity index (χ3n) is 3.36. The lowest BCUT2D eigenvalue weighted by molar-refractivity contribution is -0.132. The number of para-hydroxylation sites is 1. The molecule has 24 heavy (non-hydrogen) atoms. The Labute approximate surface area is 146 Å². The van der Waals surface area contributed by atoms with E-state index in [-0.39, 0.29) is 24.6 Å². The molecular weight excluding hydrogens is 350 g/mol. The minimum absolute atomic E-state index is 0.148. The lowest BCUT2D eigenvalue weighted by Gasteiger charge is -2.17. The molecule has 0 aliphatic carbocycles. The van der Waals surface area contributed by atoms with Gasteiger partial charge in [-0.2, -0.15) is 0 Å². The molecule has 0 spiro atoms. The van der Waals surface area contributed by atoms with Crippen molar-refractivity contribution in [1.82, 2.24) is 14.9 Å². The SMILES string of the molecule is CN(Cc1nc2ccsc2c(=O)[nH]1)C(=O)COc1ccccc1Cl. The highest BCUT2D eigenvalue weighted by molar-refractivity contribution is 7.17. The third-order valence-corrected chi connectivity index (χ3v) is 4.58. The highest BCUT2D eigenvalue weighted by Gasteiger charge is 2.13. The summed E-state index contributed by atoms with van der Waals surface area (Å²) >= 11 is 7.32. The molecule has 0 aliphatic rings. The predicted molar refractivity (Wildman–Crippen MR) is 93.7 cm³/mol. The maximum Gasteiger partial charge on any atom is 0.268 e. The number of ether oxygens (including phenoxy) is 1. The summed E-state index contributed by atoms with van der Waals surface area (Å²) < 4.78 is 6.00. The smallest absolute Gasteiger partial charge is 0.268 e. The first-order chi connectivity index (χ1) is 11.5. The Morgan fingerprint density at radius 3 is 2.96 bits per heavy atom. The fraction of sp³-hybridized carbons (Fsp3) is 0.188. The Bertz CT molecular complexity index is 937. The Morgan fingerprint density at radius 2 is 2.17 bits per heavy atom. The number of likely N-dealkylation sites (N-methyl/N-ethyl adjacent to an activating group) is 1. The maximum absolute atomic E-state index is 12.2. The molecule has 3 rings (SSSR count). The van der Waals surface area contributed by atoms with Gasteiger partial charge < -0.3 is 14.6 Å². The Hall–Kier alpha value is -2.38. The van der Waals surface area contributed by atoms with Crippen LogP contribution in [0.5, 0.6) is 5.75 Å². The predicted octanol–water partition coefficient (Wildman–Crippen LogP) is 2.68. The molecule has 0 fully saturated rings. The van der Waals surface area contributed by atoms with Crippen LogP contribution in [0.1, 0.15) is 5.82 Å². The second-order valence-electron chi connectivity index (χ2n) is 5.12. The molecular formula is C16H14ClN3O3S. The minimum Gasteiger partial charge on any atom is -0.482 e. The molecule has 0 unspecified atom stereocenters. The lowest BCUT2D eigenvalue weighted by atomic mass is 10.3. The van der Waals surface area contributed by atoms with Crippen molar-refractivity contribution in [2.45, 2.75) is 6.54 Å². The molecule has 0 atom stereocenters. The molecule has 0 saturated carbocycles. The average molecular weight is 364 g/mol. The van der Waals surface area contributed by atoms with Crippen LogP contribution in [-0.4, -0.2) is 34.4 Å². The molecule has 0 bridgehead atoms. The first-order valence-electron chi connectivity index (χ1n) is 7.12. The molecule has 1 aromatic carbocycles. The molecule has 0 aliphatic heterocycles. The molecule has 3 aromatic rings. The van der Waals surface area contributed by atoms with E-state index in [4.69, 9.17) is 16.3 Å². The van der Waals surface area contributed by atoms with Gasteiger partial charge in [0.05, 0.1) is 17.1 Å². The molecule has 124 valence electrons. The van der Waals surface area contributed by atoms with E-state index in [1.165, 1.54) is 16.2 Å². The van der Waals surface area contributed by atoms with Gasteiger partial charge in [0.25, 0.3) is 11.5 Å². The number of nitrogens with one attached hydrogen (secondary N) is 1. The number of hydrogen-bond acceptors (Lipinski definition) is 5. The summed E-state index contributed by atoms with van der Waals surface area (Å²) in [7, 11) is 1.62. The summed E-state index contributed by atoms with van der Waals surface area (Å²) in [4.78, 5) is 32.6. The van der Waals surface area contributed by atoms with E-state index in [1.807, 2.05) is 5.38 Å². The van der Waals surface area contributed by atoms with E-state index in [9.17, 15) is 9.59 Å². The van der Waals surface area contributed by atoms with Gasteiger partial charge in [-0.15, -0.1) is 11.3 Å². The van der Waals surface area contributed by atoms with Crippen LogP contribution in [0.3, 0.4) is 0 Å². The first-order valence-corrected chi connectivity index (χ1v) is 8.38. The number of hydrogen-bond donors (Lipinski definition) is 1. The van der Waals surface area contributed by atoms with E-state index < -0.39 is 0 Å². The van der Waals surface area contributed by atoms with Gasteiger partial charge in [0.1, 0.15) is 16.3 Å². The summed E-state index contributed by atoms with van der Waals surface area (Å²) in [5.41, 5.74) is 0.435. The van der Waals surface area contributed by atoms with Gasteiger partial charge in [-0.1, -0.05) is 23.7 Å². The van der Waals surface area contributed by atoms with Crippen molar-refractivity contribution in [2.24, 2.45) is 0 Å². The molecule has 6 nitrogen and oxygen atoms in total. The highest BCUT2D eigenvalue weighted by atomic mass is 35.5. The van der Waals surface area contributed by atoms with Crippen LogP contribution in [0.25, 0.3) is 10.2 Å². The molecule has 2 aromatic heterocycles. The van der Waals surface area contributed by atoms with Gasteiger partial charge in [0, 0.05) is 7.05 Å². The van der Waals surface area contributed by atoms with Gasteiger partial charge in [-0.25, -0.2) is 4.98 Å². The average Bonchev–Trinajstić information content (AvgIpc) is 3.03. The van der Waals surface area contributed by atoms with Gasteiger partial charge in [-0.05, 0) is 23.6 Å². The number of benzene rings is 1. The van der Waals surface area contributed by atoms with Crippen LogP contribution in [0.15, 0.2) is 40.5 Å². The number of halogens is 1. The molecule has 2 heterocycles. The highest BCUT2D eigenvalue weighted by Crippen LogP contribution is 2.23. The lowest BCUT2D eigenvalue weighted by Crippen LogP contribution is -2.32. The van der Waals surface area contributed by atoms with Crippen molar-refractivity contribution < 1.29 is 9.53 Å². The van der Waals surface area contributed by atoms with Crippen molar-refractivity contribution in [2.75, 3.05) is 13.7 Å². The van der Waals surface area contributed by atoms with Crippen LogP contribution >= 0.6 is 22.9 Å². The number of thiophene rings is 1. The van der Waals surface area contributed by atoms with E-state index in [2.05, 4.69) is 9.97 Å². The van der Waals surface area contributed by atoms with Crippen molar-refractivity contribution in [1.29, 1.82) is 0 Å². The summed E-state index contributed by atoms with van der Waals surface area (Å²) in [6.07, 6.45) is 0. The number of rotatable bonds is 5. The third kappa shape index (κ3) is 3.58. The van der Waals surface area contributed by atoms with Gasteiger partial charge in [-0.3, -0.25) is 9.59 Å². The van der Waals surface area contributed by atoms with Crippen molar-refractivity contribution >= 4 is 39.1 Å². The van der Waals surface area contributed by atoms with E-state index in [0.29, 0.717) is 26.8 Å². The van der Waals surface area contributed by atoms with Crippen LogP contribution in [0.4, 0.5) is 0 Å². The summed E-state index contributed by atoms with van der Waals surface area (Å²) in [5.74, 6) is 0.634. The number of carbonyl (C=O) groups is 1. The zero-order chi connectivity index (χ0) is 17.1. The fourth-order valence-corrected chi connectivity index (χ4v) is 3.04. The molecule has 0 radical (unpaired) electrons. The Morgan fingerprint density at radius 1 is 1.38 bits per heavy atom. The number of amides is 1. The van der Waals surface area contributed by atoms with Crippen molar-refractivity contribution in [3.63, 3.8) is 0 Å². The first kappa shape index (κ1) is 16.5. The molecule has 1 amide bonds. The van der Waals surface area contributed by atoms with Crippen molar-refractivity contribution in [3.05, 3.63) is 56.9 Å². The normalized spacial score (nSPS) is 10.8. The standard InChI is InChI=1S/C16H14ClN3O3S/c1-20(14(21)9-23-12-5-3-2-4-10(12)17)8-13-18-11-6-7-24-15(11)16(22)19-13/h2-7H,8-9H2,1H3,(H,18,19,22). The summed E-state index contributed by atoms with van der Waals surface area (Å²) in [5, 5.41) is 2.25. The fourth-order valence-electron chi connectivity index (χ4n) is 2.12. The van der Waals surface area contributed by atoms with Crippen LogP contribution in [0.2, 0.25) is 5.02 Å². The number of fused-ring (bicyclic) bond motifs is 1.